The summed E-state index contributed by atoms with van der Waals surface area (Å²) in [5.74, 6) is -0.122. The summed E-state index contributed by atoms with van der Waals surface area (Å²) in [6.45, 7) is 1.68. The highest BCUT2D eigenvalue weighted by atomic mass is 32.2. The summed E-state index contributed by atoms with van der Waals surface area (Å²) in [6, 6.07) is 0. The molecule has 58 valence electrons. The van der Waals surface area contributed by atoms with Gasteiger partial charge in [0.1, 0.15) is 0 Å². The Bertz CT molecular complexity index is 274. The van der Waals surface area contributed by atoms with Gasteiger partial charge in [0.15, 0.2) is 11.6 Å². The summed E-state index contributed by atoms with van der Waals surface area (Å²) in [5.41, 5.74) is 0.560. The van der Waals surface area contributed by atoms with Crippen LogP contribution >= 0.6 is 11.8 Å². The van der Waals surface area contributed by atoms with Crippen LogP contribution in [0.2, 0.25) is 0 Å². The van der Waals surface area contributed by atoms with Crippen LogP contribution in [0.3, 0.4) is 0 Å². The van der Waals surface area contributed by atoms with Crippen LogP contribution < -0.4 is 0 Å². The van der Waals surface area contributed by atoms with Crippen LogP contribution in [0.15, 0.2) is 22.6 Å². The smallest absolute Gasteiger partial charge is 0.192 e. The van der Waals surface area contributed by atoms with Crippen molar-refractivity contribution in [1.29, 1.82) is 0 Å². The normalized spacial score (nSPS) is 18.0. The van der Waals surface area contributed by atoms with Crippen LogP contribution in [0.4, 0.5) is 0 Å². The topological polar surface area (TPSA) is 34.1 Å². The molecule has 0 fully saturated rings. The van der Waals surface area contributed by atoms with Crippen LogP contribution in [0, 0.1) is 0 Å². The molecule has 1 aliphatic rings. The third-order valence-corrected chi connectivity index (χ3v) is 2.44. The van der Waals surface area contributed by atoms with Crippen molar-refractivity contribution in [2.45, 2.75) is 6.92 Å². The maximum atomic E-state index is 11.1. The lowest BCUT2D eigenvalue weighted by Gasteiger charge is -2.07. The molecule has 2 nitrogen and oxygen atoms in total. The summed E-state index contributed by atoms with van der Waals surface area (Å²) in [4.78, 5) is 22.6. The van der Waals surface area contributed by atoms with Gasteiger partial charge >= 0.3 is 0 Å². The monoisotopic (exact) mass is 168 g/mol. The Labute approximate surface area is 69.4 Å². The van der Waals surface area contributed by atoms with Gasteiger partial charge in [-0.1, -0.05) is 0 Å². The molecule has 0 radical (unpaired) electrons. The van der Waals surface area contributed by atoms with Crippen molar-refractivity contribution in [3.05, 3.63) is 22.6 Å². The van der Waals surface area contributed by atoms with E-state index in [0.717, 1.165) is 0 Å². The van der Waals surface area contributed by atoms with Crippen LogP contribution in [0.25, 0.3) is 0 Å². The van der Waals surface area contributed by atoms with Gasteiger partial charge in [-0.25, -0.2) is 0 Å². The van der Waals surface area contributed by atoms with E-state index in [4.69, 9.17) is 0 Å². The number of hydrogen-bond donors (Lipinski definition) is 0. The summed E-state index contributed by atoms with van der Waals surface area (Å²) in [7, 11) is 0. The first-order valence-electron chi connectivity index (χ1n) is 3.18. The number of ketones is 2. The van der Waals surface area contributed by atoms with Crippen molar-refractivity contribution < 1.29 is 9.59 Å². The highest BCUT2D eigenvalue weighted by Gasteiger charge is 2.17. The summed E-state index contributed by atoms with van der Waals surface area (Å²) < 4.78 is 0. The predicted octanol–water partition coefficient (Wildman–Crippen LogP) is 1.33. The fraction of sp³-hybridized carbons (Fsp3) is 0.250. The lowest BCUT2D eigenvalue weighted by molar-refractivity contribution is -0.114. The SMILES string of the molecule is CSC1=C(C)C(=O)C=CC1=O. The maximum Gasteiger partial charge on any atom is 0.192 e. The number of rotatable bonds is 1. The number of carbonyl (C=O) groups is 2. The largest absolute Gasteiger partial charge is 0.290 e. The van der Waals surface area contributed by atoms with Crippen LogP contribution in [-0.2, 0) is 9.59 Å². The van der Waals surface area contributed by atoms with Gasteiger partial charge < -0.3 is 0 Å². The fourth-order valence-corrected chi connectivity index (χ4v) is 1.58. The summed E-state index contributed by atoms with van der Waals surface area (Å²) in [6.07, 6.45) is 4.43. The molecule has 0 aromatic heterocycles. The van der Waals surface area contributed by atoms with Gasteiger partial charge in [-0.2, -0.15) is 0 Å². The molecule has 1 aliphatic carbocycles. The lowest BCUT2D eigenvalue weighted by atomic mass is 10.1. The van der Waals surface area contributed by atoms with E-state index >= 15 is 0 Å². The summed E-state index contributed by atoms with van der Waals surface area (Å²) in [5, 5.41) is 0. The molecule has 0 N–H and O–H groups in total. The summed E-state index contributed by atoms with van der Waals surface area (Å²) >= 11 is 1.32. The lowest BCUT2D eigenvalue weighted by Crippen LogP contribution is -2.09. The first kappa shape index (κ1) is 8.27. The van der Waals surface area contributed by atoms with Gasteiger partial charge in [0.25, 0.3) is 0 Å². The molecule has 0 spiro atoms. The molecular formula is C8H8O2S. The number of carbonyl (C=O) groups excluding carboxylic acids is 2. The van der Waals surface area contributed by atoms with Crippen LogP contribution in [0.5, 0.6) is 0 Å². The van der Waals surface area contributed by atoms with E-state index in [1.165, 1.54) is 23.9 Å². The van der Waals surface area contributed by atoms with Gasteiger partial charge in [0.05, 0.1) is 4.91 Å². The zero-order chi connectivity index (χ0) is 8.43. The van der Waals surface area contributed by atoms with E-state index in [0.29, 0.717) is 10.5 Å². The molecule has 0 bridgehead atoms. The Kier molecular flexibility index (Phi) is 2.29. The Morgan fingerprint density at radius 1 is 1.18 bits per heavy atom. The molecular weight excluding hydrogens is 160 g/mol. The van der Waals surface area contributed by atoms with Crippen molar-refractivity contribution in [1.82, 2.24) is 0 Å². The minimum absolute atomic E-state index is 0.0606. The number of thioether (sulfide) groups is 1. The van der Waals surface area contributed by atoms with Crippen molar-refractivity contribution >= 4 is 23.3 Å². The van der Waals surface area contributed by atoms with E-state index < -0.39 is 0 Å². The highest BCUT2D eigenvalue weighted by molar-refractivity contribution is 8.03. The fourth-order valence-electron chi connectivity index (χ4n) is 0.902. The third-order valence-electron chi connectivity index (χ3n) is 1.52. The molecule has 0 aliphatic heterocycles. The third kappa shape index (κ3) is 1.43. The quantitative estimate of drug-likeness (QED) is 0.554. The molecule has 0 saturated heterocycles. The van der Waals surface area contributed by atoms with E-state index in [-0.39, 0.29) is 11.6 Å². The van der Waals surface area contributed by atoms with Gasteiger partial charge in [-0.05, 0) is 25.3 Å². The molecule has 0 aromatic carbocycles. The minimum Gasteiger partial charge on any atom is -0.290 e. The Hall–Kier alpha value is -0.830. The molecule has 0 saturated carbocycles. The Morgan fingerprint density at radius 2 is 1.73 bits per heavy atom. The van der Waals surface area contributed by atoms with Gasteiger partial charge in [-0.3, -0.25) is 9.59 Å². The first-order valence-corrected chi connectivity index (χ1v) is 4.41. The van der Waals surface area contributed by atoms with E-state index in [2.05, 4.69) is 0 Å². The second-order valence-corrected chi connectivity index (χ2v) is 3.04. The Morgan fingerprint density at radius 3 is 2.18 bits per heavy atom. The second kappa shape index (κ2) is 3.05. The second-order valence-electron chi connectivity index (χ2n) is 2.22. The zero-order valence-corrected chi connectivity index (χ0v) is 7.20. The van der Waals surface area contributed by atoms with E-state index in [1.807, 2.05) is 0 Å². The van der Waals surface area contributed by atoms with Gasteiger partial charge in [0, 0.05) is 5.57 Å². The average Bonchev–Trinajstić information content (AvgIpc) is 1.99. The molecule has 0 amide bonds. The number of hydrogen-bond acceptors (Lipinski definition) is 3. The molecule has 0 heterocycles. The van der Waals surface area contributed by atoms with Crippen LogP contribution in [-0.4, -0.2) is 17.8 Å². The highest BCUT2D eigenvalue weighted by Crippen LogP contribution is 2.22. The van der Waals surface area contributed by atoms with Gasteiger partial charge in [-0.15, -0.1) is 11.8 Å². The zero-order valence-electron chi connectivity index (χ0n) is 6.38. The van der Waals surface area contributed by atoms with Crippen molar-refractivity contribution in [2.24, 2.45) is 0 Å². The molecule has 1 rings (SSSR count). The molecule has 0 aromatic rings. The number of allylic oxidation sites excluding steroid dienone is 4. The molecule has 0 unspecified atom stereocenters. The molecule has 3 heteroatoms. The van der Waals surface area contributed by atoms with Gasteiger partial charge in [0.2, 0.25) is 0 Å². The average molecular weight is 168 g/mol. The van der Waals surface area contributed by atoms with Crippen LogP contribution in [0.1, 0.15) is 6.92 Å². The minimum atomic E-state index is -0.0612. The Balaban J connectivity index is 3.09. The predicted molar refractivity (Wildman–Crippen MR) is 45.4 cm³/mol. The van der Waals surface area contributed by atoms with Crippen molar-refractivity contribution in [3.8, 4) is 0 Å². The van der Waals surface area contributed by atoms with E-state index in [1.54, 1.807) is 13.2 Å². The first-order chi connectivity index (χ1) is 5.16. The van der Waals surface area contributed by atoms with Crippen molar-refractivity contribution in [2.75, 3.05) is 6.26 Å². The molecule has 11 heavy (non-hydrogen) atoms. The molecule has 0 atom stereocenters. The van der Waals surface area contributed by atoms with E-state index in [9.17, 15) is 9.59 Å². The van der Waals surface area contributed by atoms with Crippen molar-refractivity contribution in [3.63, 3.8) is 0 Å². The maximum absolute atomic E-state index is 11.1. The standard InChI is InChI=1S/C8H8O2S/c1-5-6(9)3-4-7(10)8(5)11-2/h3-4H,1-2H3.